The maximum atomic E-state index is 11.4. The van der Waals surface area contributed by atoms with Gasteiger partial charge in [0.25, 0.3) is 0 Å². The van der Waals surface area contributed by atoms with E-state index in [0.717, 1.165) is 41.6 Å². The van der Waals surface area contributed by atoms with Crippen molar-refractivity contribution >= 4 is 6.29 Å². The first kappa shape index (κ1) is 10.9. The zero-order valence-electron chi connectivity index (χ0n) is 9.75. The Morgan fingerprint density at radius 1 is 1.44 bits per heavy atom. The summed E-state index contributed by atoms with van der Waals surface area (Å²) in [6.45, 7) is 5.95. The number of fused-ring (bicyclic) bond motifs is 1. The number of benzene rings is 1. The Labute approximate surface area is 95.9 Å². The van der Waals surface area contributed by atoms with E-state index in [0.29, 0.717) is 0 Å². The van der Waals surface area contributed by atoms with Crippen LogP contribution in [0.4, 0.5) is 0 Å². The van der Waals surface area contributed by atoms with Crippen LogP contribution in [-0.4, -0.2) is 13.4 Å². The number of carbonyl (C=O) groups excluding carboxylic acids is 1. The van der Waals surface area contributed by atoms with Crippen LogP contribution in [0.5, 0.6) is 5.75 Å². The lowest BCUT2D eigenvalue weighted by atomic mass is 9.69. The summed E-state index contributed by atoms with van der Waals surface area (Å²) in [6, 6.07) is 5.87. The lowest BCUT2D eigenvalue weighted by Crippen LogP contribution is -2.31. The van der Waals surface area contributed by atoms with Crippen molar-refractivity contribution in [3.05, 3.63) is 41.5 Å². The van der Waals surface area contributed by atoms with Gasteiger partial charge in [-0.15, -0.1) is 0 Å². The van der Waals surface area contributed by atoms with Gasteiger partial charge >= 0.3 is 0 Å². The molecule has 2 heteroatoms. The molecule has 0 amide bonds. The minimum Gasteiger partial charge on any atom is -0.496 e. The molecule has 1 atom stereocenters. The molecule has 0 bridgehead atoms. The molecule has 2 rings (SSSR count). The number of carbonyl (C=O) groups is 1. The standard InChI is InChI=1S/C14H16O2/c1-10-7-8-11-12(14(10,2)9-15)5-4-6-13(11)16-3/h4-6,9H,1,7-8H2,2-3H3. The van der Waals surface area contributed by atoms with E-state index in [4.69, 9.17) is 4.74 Å². The molecule has 0 heterocycles. The van der Waals surface area contributed by atoms with Gasteiger partial charge in [0, 0.05) is 0 Å². The zero-order valence-corrected chi connectivity index (χ0v) is 9.75. The van der Waals surface area contributed by atoms with Crippen LogP contribution < -0.4 is 4.74 Å². The van der Waals surface area contributed by atoms with Crippen molar-refractivity contribution in [3.8, 4) is 5.75 Å². The number of ether oxygens (including phenoxy) is 1. The summed E-state index contributed by atoms with van der Waals surface area (Å²) in [5.74, 6) is 0.873. The average Bonchev–Trinajstić information content (AvgIpc) is 2.33. The normalized spacial score (nSPS) is 23.8. The van der Waals surface area contributed by atoms with Crippen LogP contribution in [0.2, 0.25) is 0 Å². The summed E-state index contributed by atoms with van der Waals surface area (Å²) in [5, 5.41) is 0. The minimum absolute atomic E-state index is 0.553. The highest BCUT2D eigenvalue weighted by Crippen LogP contribution is 2.41. The number of hydrogen-bond donors (Lipinski definition) is 0. The molecule has 0 radical (unpaired) electrons. The van der Waals surface area contributed by atoms with Crippen LogP contribution in [-0.2, 0) is 16.6 Å². The number of rotatable bonds is 2. The van der Waals surface area contributed by atoms with Crippen molar-refractivity contribution < 1.29 is 9.53 Å². The molecule has 1 aliphatic carbocycles. The number of allylic oxidation sites excluding steroid dienone is 1. The Morgan fingerprint density at radius 2 is 2.19 bits per heavy atom. The largest absolute Gasteiger partial charge is 0.496 e. The molecule has 16 heavy (non-hydrogen) atoms. The molecule has 1 aliphatic rings. The molecule has 84 valence electrons. The van der Waals surface area contributed by atoms with Gasteiger partial charge in [0.1, 0.15) is 12.0 Å². The lowest BCUT2D eigenvalue weighted by molar-refractivity contribution is -0.111. The van der Waals surface area contributed by atoms with Crippen molar-refractivity contribution in [1.29, 1.82) is 0 Å². The quantitative estimate of drug-likeness (QED) is 0.561. The predicted octanol–water partition coefficient (Wildman–Crippen LogP) is 2.65. The topological polar surface area (TPSA) is 26.3 Å². The summed E-state index contributed by atoms with van der Waals surface area (Å²) in [4.78, 5) is 11.4. The first-order chi connectivity index (χ1) is 7.63. The van der Waals surface area contributed by atoms with Crippen LogP contribution in [0.25, 0.3) is 0 Å². The van der Waals surface area contributed by atoms with Crippen LogP contribution >= 0.6 is 0 Å². The second-order valence-electron chi connectivity index (χ2n) is 4.41. The molecule has 0 saturated carbocycles. The van der Waals surface area contributed by atoms with E-state index < -0.39 is 5.41 Å². The van der Waals surface area contributed by atoms with E-state index in [-0.39, 0.29) is 0 Å². The van der Waals surface area contributed by atoms with Gasteiger partial charge in [0.2, 0.25) is 0 Å². The molecule has 1 aromatic carbocycles. The Balaban J connectivity index is 2.66. The summed E-state index contributed by atoms with van der Waals surface area (Å²) >= 11 is 0. The summed E-state index contributed by atoms with van der Waals surface area (Å²) in [6.07, 6.45) is 2.75. The Hall–Kier alpha value is -1.57. The highest BCUT2D eigenvalue weighted by Gasteiger charge is 2.35. The lowest BCUT2D eigenvalue weighted by Gasteiger charge is -2.34. The van der Waals surface area contributed by atoms with E-state index in [1.807, 2.05) is 25.1 Å². The fourth-order valence-electron chi connectivity index (χ4n) is 2.37. The van der Waals surface area contributed by atoms with Crippen molar-refractivity contribution in [3.63, 3.8) is 0 Å². The Kier molecular flexibility index (Phi) is 2.58. The second kappa shape index (κ2) is 3.78. The van der Waals surface area contributed by atoms with Crippen molar-refractivity contribution in [2.75, 3.05) is 7.11 Å². The van der Waals surface area contributed by atoms with Crippen molar-refractivity contribution in [2.45, 2.75) is 25.2 Å². The van der Waals surface area contributed by atoms with Crippen molar-refractivity contribution in [1.82, 2.24) is 0 Å². The second-order valence-corrected chi connectivity index (χ2v) is 4.41. The predicted molar refractivity (Wildman–Crippen MR) is 63.9 cm³/mol. The monoisotopic (exact) mass is 216 g/mol. The maximum absolute atomic E-state index is 11.4. The number of aldehydes is 1. The molecule has 1 unspecified atom stereocenters. The molecule has 1 aromatic rings. The molecule has 0 spiro atoms. The van der Waals surface area contributed by atoms with Gasteiger partial charge in [0.15, 0.2) is 0 Å². The van der Waals surface area contributed by atoms with E-state index in [9.17, 15) is 4.79 Å². The smallest absolute Gasteiger partial charge is 0.134 e. The average molecular weight is 216 g/mol. The van der Waals surface area contributed by atoms with E-state index >= 15 is 0 Å². The van der Waals surface area contributed by atoms with E-state index in [2.05, 4.69) is 6.58 Å². The molecule has 0 N–H and O–H groups in total. The van der Waals surface area contributed by atoms with Gasteiger partial charge in [-0.3, -0.25) is 0 Å². The van der Waals surface area contributed by atoms with Gasteiger partial charge in [-0.25, -0.2) is 0 Å². The van der Waals surface area contributed by atoms with E-state index in [1.54, 1.807) is 7.11 Å². The molecule has 0 aliphatic heterocycles. The van der Waals surface area contributed by atoms with Crippen LogP contribution in [0.3, 0.4) is 0 Å². The first-order valence-corrected chi connectivity index (χ1v) is 5.44. The fraction of sp³-hybridized carbons (Fsp3) is 0.357. The zero-order chi connectivity index (χ0) is 11.8. The maximum Gasteiger partial charge on any atom is 0.134 e. The van der Waals surface area contributed by atoms with Gasteiger partial charge in [-0.2, -0.15) is 0 Å². The third kappa shape index (κ3) is 1.37. The summed E-state index contributed by atoms with van der Waals surface area (Å²) in [7, 11) is 1.66. The highest BCUT2D eigenvalue weighted by atomic mass is 16.5. The van der Waals surface area contributed by atoms with Crippen LogP contribution in [0, 0.1) is 0 Å². The highest BCUT2D eigenvalue weighted by molar-refractivity contribution is 5.76. The first-order valence-electron chi connectivity index (χ1n) is 5.44. The van der Waals surface area contributed by atoms with E-state index in [1.165, 1.54) is 0 Å². The third-order valence-corrected chi connectivity index (χ3v) is 3.56. The number of hydrogen-bond acceptors (Lipinski definition) is 2. The van der Waals surface area contributed by atoms with Gasteiger partial charge < -0.3 is 9.53 Å². The Morgan fingerprint density at radius 3 is 2.81 bits per heavy atom. The third-order valence-electron chi connectivity index (χ3n) is 3.56. The van der Waals surface area contributed by atoms with Crippen LogP contribution in [0.15, 0.2) is 30.4 Å². The Bertz CT molecular complexity index is 448. The summed E-state index contributed by atoms with van der Waals surface area (Å²) in [5.41, 5.74) is 2.62. The van der Waals surface area contributed by atoms with Gasteiger partial charge in [0.05, 0.1) is 12.5 Å². The van der Waals surface area contributed by atoms with Gasteiger partial charge in [-0.05, 0) is 37.0 Å². The SMILES string of the molecule is C=C1CCc2c(OC)cccc2C1(C)C=O. The number of methoxy groups -OCH3 is 1. The van der Waals surface area contributed by atoms with Crippen molar-refractivity contribution in [2.24, 2.45) is 0 Å². The molecular weight excluding hydrogens is 200 g/mol. The molecule has 2 nitrogen and oxygen atoms in total. The molecule has 0 aromatic heterocycles. The van der Waals surface area contributed by atoms with Crippen LogP contribution in [0.1, 0.15) is 24.5 Å². The molecule has 0 fully saturated rings. The summed E-state index contributed by atoms with van der Waals surface area (Å²) < 4.78 is 5.34. The van der Waals surface area contributed by atoms with Gasteiger partial charge in [-0.1, -0.05) is 24.3 Å². The fourth-order valence-corrected chi connectivity index (χ4v) is 2.37. The molecule has 0 saturated heterocycles. The molecular formula is C14H16O2. The minimum atomic E-state index is -0.553.